The smallest absolute Gasteiger partial charge is 0.338 e. The first-order valence-corrected chi connectivity index (χ1v) is 4.48. The number of esters is 1. The fourth-order valence-electron chi connectivity index (χ4n) is 1.20. The van der Waals surface area contributed by atoms with Crippen LogP contribution in [0.4, 0.5) is 8.78 Å². The van der Waals surface area contributed by atoms with Crippen molar-refractivity contribution in [3.05, 3.63) is 29.1 Å². The SMILES string of the molecule is CCOC(=O)c1ccnc(C(F)F)c1C. The second-order valence-electron chi connectivity index (χ2n) is 2.89. The van der Waals surface area contributed by atoms with Crippen LogP contribution in [0, 0.1) is 6.92 Å². The molecule has 1 rings (SSSR count). The van der Waals surface area contributed by atoms with Gasteiger partial charge in [0.15, 0.2) is 0 Å². The molecule has 0 bridgehead atoms. The summed E-state index contributed by atoms with van der Waals surface area (Å²) in [7, 11) is 0. The molecule has 0 unspecified atom stereocenters. The molecular formula is C10H11F2NO2. The van der Waals surface area contributed by atoms with Gasteiger partial charge in [0.1, 0.15) is 5.69 Å². The van der Waals surface area contributed by atoms with Crippen LogP contribution in [0.2, 0.25) is 0 Å². The summed E-state index contributed by atoms with van der Waals surface area (Å²) in [5.74, 6) is -0.598. The number of nitrogens with zero attached hydrogens (tertiary/aromatic N) is 1. The van der Waals surface area contributed by atoms with E-state index in [1.807, 2.05) is 0 Å². The number of aromatic nitrogens is 1. The standard InChI is InChI=1S/C10H11F2NO2/c1-3-15-10(14)7-4-5-13-8(6(7)2)9(11)12/h4-5,9H,3H2,1-2H3. The minimum absolute atomic E-state index is 0.141. The topological polar surface area (TPSA) is 39.2 Å². The van der Waals surface area contributed by atoms with Crippen molar-refractivity contribution in [2.24, 2.45) is 0 Å². The average molecular weight is 215 g/mol. The number of halogens is 2. The van der Waals surface area contributed by atoms with Crippen LogP contribution in [0.5, 0.6) is 0 Å². The number of carbonyl (C=O) groups excluding carboxylic acids is 1. The summed E-state index contributed by atoms with van der Waals surface area (Å²) in [5.41, 5.74) is -0.0614. The minimum Gasteiger partial charge on any atom is -0.462 e. The predicted molar refractivity (Wildman–Crippen MR) is 49.9 cm³/mol. The largest absolute Gasteiger partial charge is 0.462 e. The second-order valence-corrected chi connectivity index (χ2v) is 2.89. The van der Waals surface area contributed by atoms with Crippen molar-refractivity contribution in [1.82, 2.24) is 4.98 Å². The third kappa shape index (κ3) is 2.49. The van der Waals surface area contributed by atoms with E-state index in [0.29, 0.717) is 0 Å². The molecule has 0 saturated heterocycles. The molecule has 1 aromatic rings. The lowest BCUT2D eigenvalue weighted by atomic mass is 10.1. The van der Waals surface area contributed by atoms with Gasteiger partial charge in [-0.15, -0.1) is 0 Å². The lowest BCUT2D eigenvalue weighted by Crippen LogP contribution is -2.09. The van der Waals surface area contributed by atoms with E-state index in [-0.39, 0.29) is 23.4 Å². The monoisotopic (exact) mass is 215 g/mol. The molecule has 15 heavy (non-hydrogen) atoms. The Kier molecular flexibility index (Phi) is 3.71. The molecule has 0 aromatic carbocycles. The first kappa shape index (κ1) is 11.6. The Labute approximate surface area is 86.1 Å². The molecule has 0 N–H and O–H groups in total. The molecule has 0 saturated carbocycles. The molecule has 1 aromatic heterocycles. The van der Waals surface area contributed by atoms with Crippen LogP contribution >= 0.6 is 0 Å². The van der Waals surface area contributed by atoms with Crippen molar-refractivity contribution < 1.29 is 18.3 Å². The summed E-state index contributed by atoms with van der Waals surface area (Å²) in [6.45, 7) is 3.30. The Morgan fingerprint density at radius 1 is 1.60 bits per heavy atom. The van der Waals surface area contributed by atoms with Crippen molar-refractivity contribution in [3.8, 4) is 0 Å². The highest BCUT2D eigenvalue weighted by Gasteiger charge is 2.18. The Morgan fingerprint density at radius 2 is 2.27 bits per heavy atom. The first-order chi connectivity index (χ1) is 7.07. The van der Waals surface area contributed by atoms with Gasteiger partial charge in [0, 0.05) is 6.20 Å². The molecule has 0 spiro atoms. The van der Waals surface area contributed by atoms with E-state index < -0.39 is 12.4 Å². The quantitative estimate of drug-likeness (QED) is 0.727. The Morgan fingerprint density at radius 3 is 2.80 bits per heavy atom. The van der Waals surface area contributed by atoms with Gasteiger partial charge in [-0.25, -0.2) is 13.6 Å². The summed E-state index contributed by atoms with van der Waals surface area (Å²) in [6, 6.07) is 1.37. The first-order valence-electron chi connectivity index (χ1n) is 4.48. The van der Waals surface area contributed by atoms with Gasteiger partial charge in [-0.05, 0) is 25.5 Å². The van der Waals surface area contributed by atoms with Gasteiger partial charge < -0.3 is 4.74 Å². The Bertz CT molecular complexity index is 366. The van der Waals surface area contributed by atoms with Crippen molar-refractivity contribution in [3.63, 3.8) is 0 Å². The van der Waals surface area contributed by atoms with E-state index in [1.165, 1.54) is 19.2 Å². The number of ether oxygens (including phenoxy) is 1. The van der Waals surface area contributed by atoms with E-state index in [1.54, 1.807) is 6.92 Å². The van der Waals surface area contributed by atoms with Crippen LogP contribution in [0.1, 0.15) is 35.0 Å². The fourth-order valence-corrected chi connectivity index (χ4v) is 1.20. The zero-order valence-corrected chi connectivity index (χ0v) is 8.46. The maximum atomic E-state index is 12.4. The van der Waals surface area contributed by atoms with E-state index in [9.17, 15) is 13.6 Å². The molecule has 0 aliphatic rings. The molecule has 0 aliphatic carbocycles. The lowest BCUT2D eigenvalue weighted by molar-refractivity contribution is 0.0524. The zero-order chi connectivity index (χ0) is 11.4. The average Bonchev–Trinajstić information content (AvgIpc) is 2.17. The van der Waals surface area contributed by atoms with Gasteiger partial charge in [-0.2, -0.15) is 0 Å². The van der Waals surface area contributed by atoms with Crippen LogP contribution in [0.25, 0.3) is 0 Å². The molecular weight excluding hydrogens is 204 g/mol. The summed E-state index contributed by atoms with van der Waals surface area (Å²) >= 11 is 0. The van der Waals surface area contributed by atoms with Crippen molar-refractivity contribution in [2.45, 2.75) is 20.3 Å². The van der Waals surface area contributed by atoms with Crippen LogP contribution in [0.15, 0.2) is 12.3 Å². The third-order valence-electron chi connectivity index (χ3n) is 1.95. The molecule has 0 atom stereocenters. The number of carbonyl (C=O) groups is 1. The Hall–Kier alpha value is -1.52. The third-order valence-corrected chi connectivity index (χ3v) is 1.95. The number of alkyl halides is 2. The second kappa shape index (κ2) is 4.82. The van der Waals surface area contributed by atoms with Crippen molar-refractivity contribution in [1.29, 1.82) is 0 Å². The number of hydrogen-bond acceptors (Lipinski definition) is 3. The van der Waals surface area contributed by atoms with Crippen LogP contribution in [-0.4, -0.2) is 17.6 Å². The summed E-state index contributed by atoms with van der Waals surface area (Å²) in [4.78, 5) is 14.9. The molecule has 0 fully saturated rings. The normalized spacial score (nSPS) is 10.5. The molecule has 0 amide bonds. The highest BCUT2D eigenvalue weighted by molar-refractivity contribution is 5.91. The van der Waals surface area contributed by atoms with E-state index >= 15 is 0 Å². The number of pyridine rings is 1. The maximum Gasteiger partial charge on any atom is 0.338 e. The minimum atomic E-state index is -2.68. The molecule has 0 aliphatic heterocycles. The summed E-state index contributed by atoms with van der Waals surface area (Å²) in [6.07, 6.45) is -1.50. The van der Waals surface area contributed by atoms with E-state index in [0.717, 1.165) is 0 Å². The van der Waals surface area contributed by atoms with Crippen molar-refractivity contribution in [2.75, 3.05) is 6.61 Å². The summed E-state index contributed by atoms with van der Waals surface area (Å²) < 4.78 is 29.6. The molecule has 3 nitrogen and oxygen atoms in total. The van der Waals surface area contributed by atoms with Gasteiger partial charge in [0.25, 0.3) is 6.43 Å². The highest BCUT2D eigenvalue weighted by atomic mass is 19.3. The van der Waals surface area contributed by atoms with E-state index in [2.05, 4.69) is 4.98 Å². The molecule has 0 radical (unpaired) electrons. The number of rotatable bonds is 3. The molecule has 82 valence electrons. The maximum absolute atomic E-state index is 12.4. The lowest BCUT2D eigenvalue weighted by Gasteiger charge is -2.08. The van der Waals surface area contributed by atoms with E-state index in [4.69, 9.17) is 4.74 Å². The molecule has 1 heterocycles. The van der Waals surface area contributed by atoms with Gasteiger partial charge in [-0.3, -0.25) is 4.98 Å². The van der Waals surface area contributed by atoms with Gasteiger partial charge in [0.05, 0.1) is 12.2 Å². The summed E-state index contributed by atoms with van der Waals surface area (Å²) in [5, 5.41) is 0. The van der Waals surface area contributed by atoms with Gasteiger partial charge in [0.2, 0.25) is 0 Å². The van der Waals surface area contributed by atoms with Gasteiger partial charge >= 0.3 is 5.97 Å². The number of hydrogen-bond donors (Lipinski definition) is 0. The molecule has 5 heteroatoms. The van der Waals surface area contributed by atoms with Gasteiger partial charge in [-0.1, -0.05) is 0 Å². The van der Waals surface area contributed by atoms with Crippen LogP contribution in [-0.2, 0) is 4.74 Å². The van der Waals surface area contributed by atoms with Crippen molar-refractivity contribution >= 4 is 5.97 Å². The van der Waals surface area contributed by atoms with Crippen LogP contribution in [0.3, 0.4) is 0 Å². The Balaban J connectivity index is 3.09. The zero-order valence-electron chi connectivity index (χ0n) is 8.46. The fraction of sp³-hybridized carbons (Fsp3) is 0.400. The predicted octanol–water partition coefficient (Wildman–Crippen LogP) is 2.50. The van der Waals surface area contributed by atoms with Crippen LogP contribution < -0.4 is 0 Å². The highest BCUT2D eigenvalue weighted by Crippen LogP contribution is 2.22.